The summed E-state index contributed by atoms with van der Waals surface area (Å²) in [7, 11) is 0. The van der Waals surface area contributed by atoms with Crippen molar-refractivity contribution >= 4 is 17.5 Å². The standard InChI is InChI=1S/C16H23N3O2/c1-2-9-17-15(20)12-18-14-7-5-13(6-8-14)16(21)19-10-3-4-11-19/h5-8,18H,2-4,9-12H2,1H3,(H,17,20). The zero-order chi connectivity index (χ0) is 15.1. The number of nitrogens with zero attached hydrogens (tertiary/aromatic N) is 1. The second kappa shape index (κ2) is 7.67. The van der Waals surface area contributed by atoms with E-state index in [9.17, 15) is 9.59 Å². The van der Waals surface area contributed by atoms with Gasteiger partial charge in [0.15, 0.2) is 0 Å². The number of benzene rings is 1. The number of hydrogen-bond acceptors (Lipinski definition) is 3. The minimum atomic E-state index is -0.0194. The number of anilines is 1. The molecular formula is C16H23N3O2. The van der Waals surface area contributed by atoms with E-state index in [2.05, 4.69) is 10.6 Å². The molecule has 1 saturated heterocycles. The van der Waals surface area contributed by atoms with Crippen molar-refractivity contribution in [3.8, 4) is 0 Å². The quantitative estimate of drug-likeness (QED) is 0.840. The molecule has 1 aromatic carbocycles. The second-order valence-corrected chi connectivity index (χ2v) is 5.28. The molecule has 5 heteroatoms. The Morgan fingerprint density at radius 1 is 1.14 bits per heavy atom. The number of carbonyl (C=O) groups excluding carboxylic acids is 2. The van der Waals surface area contributed by atoms with Crippen molar-refractivity contribution in [2.45, 2.75) is 26.2 Å². The van der Waals surface area contributed by atoms with Crippen LogP contribution in [-0.4, -0.2) is 42.9 Å². The molecule has 0 saturated carbocycles. The highest BCUT2D eigenvalue weighted by Gasteiger charge is 2.19. The summed E-state index contributed by atoms with van der Waals surface area (Å²) in [6.07, 6.45) is 3.12. The lowest BCUT2D eigenvalue weighted by molar-refractivity contribution is -0.119. The SMILES string of the molecule is CCCNC(=O)CNc1ccc(C(=O)N2CCCC2)cc1. The Labute approximate surface area is 125 Å². The first-order valence-corrected chi connectivity index (χ1v) is 7.60. The molecule has 0 aromatic heterocycles. The maximum Gasteiger partial charge on any atom is 0.253 e. The fourth-order valence-corrected chi connectivity index (χ4v) is 2.34. The van der Waals surface area contributed by atoms with Gasteiger partial charge in [0.2, 0.25) is 5.91 Å². The van der Waals surface area contributed by atoms with Gasteiger partial charge < -0.3 is 15.5 Å². The summed E-state index contributed by atoms with van der Waals surface area (Å²) < 4.78 is 0. The predicted octanol–water partition coefficient (Wildman–Crippen LogP) is 1.86. The molecule has 0 radical (unpaired) electrons. The van der Waals surface area contributed by atoms with Crippen LogP contribution < -0.4 is 10.6 Å². The summed E-state index contributed by atoms with van der Waals surface area (Å²) in [5.41, 5.74) is 1.55. The van der Waals surface area contributed by atoms with E-state index in [0.717, 1.165) is 38.0 Å². The van der Waals surface area contributed by atoms with E-state index in [1.54, 1.807) is 0 Å². The van der Waals surface area contributed by atoms with Gasteiger partial charge in [0, 0.05) is 30.9 Å². The van der Waals surface area contributed by atoms with Crippen molar-refractivity contribution in [3.63, 3.8) is 0 Å². The smallest absolute Gasteiger partial charge is 0.253 e. The van der Waals surface area contributed by atoms with Crippen LogP contribution in [0.1, 0.15) is 36.5 Å². The highest BCUT2D eigenvalue weighted by molar-refractivity contribution is 5.94. The van der Waals surface area contributed by atoms with E-state index >= 15 is 0 Å². The predicted molar refractivity (Wildman–Crippen MR) is 83.4 cm³/mol. The van der Waals surface area contributed by atoms with Gasteiger partial charge >= 0.3 is 0 Å². The molecule has 0 atom stereocenters. The minimum absolute atomic E-state index is 0.0194. The zero-order valence-electron chi connectivity index (χ0n) is 12.5. The van der Waals surface area contributed by atoms with Gasteiger partial charge in [-0.15, -0.1) is 0 Å². The molecule has 21 heavy (non-hydrogen) atoms. The van der Waals surface area contributed by atoms with E-state index in [0.29, 0.717) is 12.1 Å². The zero-order valence-corrected chi connectivity index (χ0v) is 12.5. The van der Waals surface area contributed by atoms with Gasteiger partial charge in [-0.05, 0) is 43.5 Å². The second-order valence-electron chi connectivity index (χ2n) is 5.28. The Hall–Kier alpha value is -2.04. The monoisotopic (exact) mass is 289 g/mol. The van der Waals surface area contributed by atoms with Gasteiger partial charge in [0.05, 0.1) is 6.54 Å². The van der Waals surface area contributed by atoms with Crippen LogP contribution in [0.2, 0.25) is 0 Å². The maximum absolute atomic E-state index is 12.2. The fourth-order valence-electron chi connectivity index (χ4n) is 2.34. The average molecular weight is 289 g/mol. The van der Waals surface area contributed by atoms with Crippen molar-refractivity contribution < 1.29 is 9.59 Å². The lowest BCUT2D eigenvalue weighted by Gasteiger charge is -2.15. The third-order valence-corrected chi connectivity index (χ3v) is 3.55. The highest BCUT2D eigenvalue weighted by Crippen LogP contribution is 2.15. The molecule has 0 bridgehead atoms. The molecule has 0 spiro atoms. The van der Waals surface area contributed by atoms with E-state index < -0.39 is 0 Å². The van der Waals surface area contributed by atoms with Gasteiger partial charge in [0.1, 0.15) is 0 Å². The van der Waals surface area contributed by atoms with E-state index in [1.807, 2.05) is 36.1 Å². The summed E-state index contributed by atoms with van der Waals surface area (Å²) >= 11 is 0. The summed E-state index contributed by atoms with van der Waals surface area (Å²) in [5.74, 6) is 0.0776. The summed E-state index contributed by atoms with van der Waals surface area (Å²) in [5, 5.41) is 5.86. The topological polar surface area (TPSA) is 61.4 Å². The van der Waals surface area contributed by atoms with Crippen LogP contribution >= 0.6 is 0 Å². The number of hydrogen-bond donors (Lipinski definition) is 2. The van der Waals surface area contributed by atoms with Gasteiger partial charge in [-0.2, -0.15) is 0 Å². The molecule has 114 valence electrons. The van der Waals surface area contributed by atoms with Crippen molar-refractivity contribution in [1.82, 2.24) is 10.2 Å². The molecule has 2 amide bonds. The molecule has 1 aliphatic heterocycles. The van der Waals surface area contributed by atoms with Gasteiger partial charge in [-0.25, -0.2) is 0 Å². The van der Waals surface area contributed by atoms with Gasteiger partial charge in [0.25, 0.3) is 5.91 Å². The van der Waals surface area contributed by atoms with Crippen LogP contribution in [0.3, 0.4) is 0 Å². The minimum Gasteiger partial charge on any atom is -0.376 e. The van der Waals surface area contributed by atoms with E-state index in [-0.39, 0.29) is 18.4 Å². The lowest BCUT2D eigenvalue weighted by Crippen LogP contribution is -2.30. The van der Waals surface area contributed by atoms with Crippen molar-refractivity contribution in [2.24, 2.45) is 0 Å². The summed E-state index contributed by atoms with van der Waals surface area (Å²) in [4.78, 5) is 25.6. The van der Waals surface area contributed by atoms with E-state index in [1.165, 1.54) is 0 Å². The molecule has 1 fully saturated rings. The Morgan fingerprint density at radius 2 is 1.81 bits per heavy atom. The molecule has 2 rings (SSSR count). The highest BCUT2D eigenvalue weighted by atomic mass is 16.2. The van der Waals surface area contributed by atoms with Crippen molar-refractivity contribution in [3.05, 3.63) is 29.8 Å². The number of carbonyl (C=O) groups is 2. The van der Waals surface area contributed by atoms with Crippen LogP contribution in [0.4, 0.5) is 5.69 Å². The Balaban J connectivity index is 1.84. The normalized spacial score (nSPS) is 14.0. The van der Waals surface area contributed by atoms with Gasteiger partial charge in [-0.1, -0.05) is 6.92 Å². The lowest BCUT2D eigenvalue weighted by atomic mass is 10.2. The van der Waals surface area contributed by atoms with E-state index in [4.69, 9.17) is 0 Å². The summed E-state index contributed by atoms with van der Waals surface area (Å²) in [6, 6.07) is 7.31. The molecule has 0 unspecified atom stereocenters. The van der Waals surface area contributed by atoms with Gasteiger partial charge in [-0.3, -0.25) is 9.59 Å². The van der Waals surface area contributed by atoms with Crippen LogP contribution in [-0.2, 0) is 4.79 Å². The largest absolute Gasteiger partial charge is 0.376 e. The summed E-state index contributed by atoms with van der Waals surface area (Å²) in [6.45, 7) is 4.68. The van der Waals surface area contributed by atoms with Crippen LogP contribution in [0.5, 0.6) is 0 Å². The number of nitrogens with one attached hydrogen (secondary N) is 2. The van der Waals surface area contributed by atoms with Crippen LogP contribution in [0.25, 0.3) is 0 Å². The third-order valence-electron chi connectivity index (χ3n) is 3.55. The first-order chi connectivity index (χ1) is 10.2. The Bertz CT molecular complexity index is 479. The van der Waals surface area contributed by atoms with Crippen molar-refractivity contribution in [2.75, 3.05) is 31.5 Å². The van der Waals surface area contributed by atoms with Crippen LogP contribution in [0, 0.1) is 0 Å². The average Bonchev–Trinajstić information content (AvgIpc) is 3.05. The number of likely N-dealkylation sites (tertiary alicyclic amines) is 1. The molecule has 1 heterocycles. The number of amides is 2. The maximum atomic E-state index is 12.2. The first kappa shape index (κ1) is 15.4. The van der Waals surface area contributed by atoms with Crippen LogP contribution in [0.15, 0.2) is 24.3 Å². The number of rotatable bonds is 6. The Morgan fingerprint density at radius 3 is 2.43 bits per heavy atom. The first-order valence-electron chi connectivity index (χ1n) is 7.60. The molecule has 1 aromatic rings. The van der Waals surface area contributed by atoms with Crippen molar-refractivity contribution in [1.29, 1.82) is 0 Å². The Kier molecular flexibility index (Phi) is 5.60. The molecular weight excluding hydrogens is 266 g/mol. The molecule has 5 nitrogen and oxygen atoms in total. The third kappa shape index (κ3) is 4.48. The molecule has 2 N–H and O–H groups in total. The molecule has 0 aliphatic carbocycles. The molecule has 1 aliphatic rings. The fraction of sp³-hybridized carbons (Fsp3) is 0.500.